The molecule has 1 aromatic heterocycles. The maximum Gasteiger partial charge on any atom is 0.417 e. The van der Waals surface area contributed by atoms with E-state index in [4.69, 9.17) is 11.6 Å². The van der Waals surface area contributed by atoms with Crippen molar-refractivity contribution in [2.75, 3.05) is 0 Å². The number of hydrazine groups is 1. The largest absolute Gasteiger partial charge is 0.417 e. The normalized spacial score (nSPS) is 17.0. The van der Waals surface area contributed by atoms with Crippen LogP contribution in [0.15, 0.2) is 46.9 Å². The van der Waals surface area contributed by atoms with E-state index in [9.17, 15) is 31.1 Å². The molecule has 1 N–H and O–H groups in total. The van der Waals surface area contributed by atoms with Gasteiger partial charge in [-0.2, -0.15) is 31.9 Å². The first-order valence-electron chi connectivity index (χ1n) is 7.38. The maximum atomic E-state index is 13.2. The molecule has 0 saturated heterocycles. The molecule has 6 nitrogen and oxygen atoms in total. The minimum Gasteiger partial charge on any atom is -0.267 e. The second kappa shape index (κ2) is 6.93. The smallest absolute Gasteiger partial charge is 0.267 e. The van der Waals surface area contributed by atoms with E-state index < -0.39 is 46.1 Å². The molecule has 1 aliphatic heterocycles. The van der Waals surface area contributed by atoms with Crippen molar-refractivity contribution in [1.82, 2.24) is 15.5 Å². The van der Waals surface area contributed by atoms with Crippen molar-refractivity contribution < 1.29 is 31.1 Å². The third kappa shape index (κ3) is 3.72. The predicted octanol–water partition coefficient (Wildman–Crippen LogP) is 4.80. The van der Waals surface area contributed by atoms with Crippen LogP contribution in [0.5, 0.6) is 0 Å². The van der Waals surface area contributed by atoms with Crippen LogP contribution in [0.25, 0.3) is 0 Å². The van der Waals surface area contributed by atoms with Crippen molar-refractivity contribution in [2.45, 2.75) is 18.5 Å². The molecule has 0 radical (unpaired) electrons. The van der Waals surface area contributed by atoms with Crippen LogP contribution in [0.4, 0.5) is 26.3 Å². The summed E-state index contributed by atoms with van der Waals surface area (Å²) >= 11 is 5.83. The minimum absolute atomic E-state index is 0.291. The summed E-state index contributed by atoms with van der Waals surface area (Å²) in [6.45, 7) is 0. The van der Waals surface area contributed by atoms with Gasteiger partial charge in [-0.05, 0) is 18.2 Å². The summed E-state index contributed by atoms with van der Waals surface area (Å²) in [6.07, 6.45) is -10.5. The van der Waals surface area contributed by atoms with Crippen molar-refractivity contribution >= 4 is 17.5 Å². The van der Waals surface area contributed by atoms with E-state index in [0.717, 1.165) is 18.2 Å². The summed E-state index contributed by atoms with van der Waals surface area (Å²) in [6, 6.07) is 4.58. The number of alkyl halides is 6. The van der Waals surface area contributed by atoms with Crippen LogP contribution in [-0.4, -0.2) is 15.9 Å². The molecule has 3 rings (SSSR count). The molecule has 1 aliphatic rings. The van der Waals surface area contributed by atoms with Gasteiger partial charge in [0, 0.05) is 6.20 Å². The Kier molecular flexibility index (Phi) is 4.91. The third-order valence-corrected chi connectivity index (χ3v) is 3.99. The molecule has 1 amide bonds. The predicted molar refractivity (Wildman–Crippen MR) is 82.6 cm³/mol. The lowest BCUT2D eigenvalue weighted by atomic mass is 10.1. The number of rotatable bonds is 2. The Bertz CT molecular complexity index is 945. The molecule has 1 atom stereocenters. The first-order chi connectivity index (χ1) is 13.0. The molecular formula is C15H8ClF6N5O. The lowest BCUT2D eigenvalue weighted by molar-refractivity contribution is -0.138. The zero-order valence-corrected chi connectivity index (χ0v) is 14.1. The Morgan fingerprint density at radius 2 is 1.79 bits per heavy atom. The summed E-state index contributed by atoms with van der Waals surface area (Å²) in [5.74, 6) is -1.17. The fourth-order valence-electron chi connectivity index (χ4n) is 2.41. The summed E-state index contributed by atoms with van der Waals surface area (Å²) in [4.78, 5) is 16.2. The Morgan fingerprint density at radius 1 is 1.11 bits per heavy atom. The van der Waals surface area contributed by atoms with E-state index in [1.165, 1.54) is 6.07 Å². The number of carbonyl (C=O) groups is 1. The summed E-state index contributed by atoms with van der Waals surface area (Å²) in [7, 11) is 0. The fourth-order valence-corrected chi connectivity index (χ4v) is 2.67. The number of carbonyl (C=O) groups excluding carboxylic acids is 1. The lowest BCUT2D eigenvalue weighted by Gasteiger charge is -2.23. The summed E-state index contributed by atoms with van der Waals surface area (Å²) in [5, 5.41) is 7.05. The topological polar surface area (TPSA) is 70.0 Å². The zero-order chi connectivity index (χ0) is 20.7. The molecule has 0 fully saturated rings. The van der Waals surface area contributed by atoms with E-state index in [2.05, 4.69) is 20.9 Å². The Morgan fingerprint density at radius 3 is 2.39 bits per heavy atom. The molecule has 1 aromatic carbocycles. The van der Waals surface area contributed by atoms with Crippen molar-refractivity contribution in [2.24, 2.45) is 10.3 Å². The van der Waals surface area contributed by atoms with Crippen LogP contribution in [0.3, 0.4) is 0 Å². The van der Waals surface area contributed by atoms with E-state index in [1.807, 2.05) is 0 Å². The van der Waals surface area contributed by atoms with Gasteiger partial charge in [0.25, 0.3) is 5.91 Å². The molecule has 2 heterocycles. The Balaban J connectivity index is 1.97. The van der Waals surface area contributed by atoms with Crippen LogP contribution in [0, 0.1) is 0 Å². The minimum atomic E-state index is -4.81. The van der Waals surface area contributed by atoms with E-state index in [-0.39, 0.29) is 5.69 Å². The average Bonchev–Trinajstić information content (AvgIpc) is 3.09. The SMILES string of the molecule is O=C(c1ccccc1C(F)(F)F)N1NN=N[C@@H]1c1ncc(C(F)(F)F)cc1Cl. The third-order valence-electron chi connectivity index (χ3n) is 3.69. The lowest BCUT2D eigenvalue weighted by Crippen LogP contribution is -2.39. The van der Waals surface area contributed by atoms with Crippen LogP contribution >= 0.6 is 11.6 Å². The van der Waals surface area contributed by atoms with Crippen LogP contribution in [0.1, 0.15) is 33.3 Å². The molecule has 0 unspecified atom stereocenters. The second-order valence-electron chi connectivity index (χ2n) is 5.50. The number of nitrogens with one attached hydrogen (secondary N) is 1. The number of hydrogen-bond acceptors (Lipinski definition) is 5. The van der Waals surface area contributed by atoms with Gasteiger partial charge in [0.15, 0.2) is 0 Å². The van der Waals surface area contributed by atoms with Gasteiger partial charge in [-0.25, -0.2) is 5.01 Å². The van der Waals surface area contributed by atoms with Gasteiger partial charge in [0.2, 0.25) is 6.17 Å². The molecule has 148 valence electrons. The molecule has 0 spiro atoms. The molecule has 0 bridgehead atoms. The van der Waals surface area contributed by atoms with Crippen molar-refractivity contribution in [3.63, 3.8) is 0 Å². The number of amides is 1. The van der Waals surface area contributed by atoms with Crippen LogP contribution in [0.2, 0.25) is 5.02 Å². The van der Waals surface area contributed by atoms with Gasteiger partial charge in [0.05, 0.1) is 21.7 Å². The zero-order valence-electron chi connectivity index (χ0n) is 13.4. The average molecular weight is 424 g/mol. The van der Waals surface area contributed by atoms with E-state index in [1.54, 1.807) is 0 Å². The first-order valence-corrected chi connectivity index (χ1v) is 7.76. The van der Waals surface area contributed by atoms with E-state index >= 15 is 0 Å². The molecular weight excluding hydrogens is 416 g/mol. The number of aromatic nitrogens is 1. The van der Waals surface area contributed by atoms with Gasteiger partial charge in [-0.3, -0.25) is 9.78 Å². The second-order valence-corrected chi connectivity index (χ2v) is 5.90. The molecule has 28 heavy (non-hydrogen) atoms. The highest BCUT2D eigenvalue weighted by Gasteiger charge is 2.40. The van der Waals surface area contributed by atoms with Gasteiger partial charge >= 0.3 is 12.4 Å². The number of hydrogen-bond donors (Lipinski definition) is 1. The highest BCUT2D eigenvalue weighted by atomic mass is 35.5. The van der Waals surface area contributed by atoms with Crippen LogP contribution in [-0.2, 0) is 12.4 Å². The molecule has 2 aromatic rings. The molecule has 0 aliphatic carbocycles. The molecule has 13 heteroatoms. The summed E-state index contributed by atoms with van der Waals surface area (Å²) in [5.41, 5.74) is -1.22. The van der Waals surface area contributed by atoms with Crippen LogP contribution < -0.4 is 5.53 Å². The maximum absolute atomic E-state index is 13.2. The van der Waals surface area contributed by atoms with Gasteiger partial charge in [-0.1, -0.05) is 29.0 Å². The van der Waals surface area contributed by atoms with E-state index in [0.29, 0.717) is 17.3 Å². The van der Waals surface area contributed by atoms with Crippen molar-refractivity contribution in [3.05, 3.63) is 63.9 Å². The van der Waals surface area contributed by atoms with Gasteiger partial charge < -0.3 is 0 Å². The number of nitrogens with zero attached hydrogens (tertiary/aromatic N) is 4. The highest BCUT2D eigenvalue weighted by molar-refractivity contribution is 6.31. The van der Waals surface area contributed by atoms with Gasteiger partial charge in [-0.15, -0.1) is 5.11 Å². The Labute approximate surface area is 157 Å². The fraction of sp³-hybridized carbons (Fsp3) is 0.200. The van der Waals surface area contributed by atoms with Gasteiger partial charge in [0.1, 0.15) is 5.69 Å². The van der Waals surface area contributed by atoms with Crippen molar-refractivity contribution in [1.29, 1.82) is 0 Å². The standard InChI is InChI=1S/C15H8ClF6N5O/c16-10-5-7(14(17,18)19)6-23-11(10)12-24-25-26-27(12)13(28)8-3-1-2-4-9(8)15(20,21)22/h1-6,12H,(H,24,26)/t12-/m0/s1. The number of pyridine rings is 1. The first kappa shape index (κ1) is 19.9. The highest BCUT2D eigenvalue weighted by Crippen LogP contribution is 2.37. The monoisotopic (exact) mass is 423 g/mol. The Hall–Kier alpha value is -2.89. The summed E-state index contributed by atoms with van der Waals surface area (Å²) < 4.78 is 77.7. The molecule has 0 saturated carbocycles. The number of benzene rings is 1. The number of halogens is 7. The quantitative estimate of drug-likeness (QED) is 0.705. The van der Waals surface area contributed by atoms with Crippen molar-refractivity contribution in [3.8, 4) is 0 Å².